The summed E-state index contributed by atoms with van der Waals surface area (Å²) in [6.07, 6.45) is 23.4. The van der Waals surface area contributed by atoms with Gasteiger partial charge in [0, 0.05) is 18.5 Å². The Kier molecular flexibility index (Phi) is 21.9. The molecule has 0 fully saturated rings. The molecule has 0 aliphatic heterocycles. The van der Waals surface area contributed by atoms with Gasteiger partial charge in [0.05, 0.1) is 35.7 Å². The molecular formula is C56H68N2O6. The Bertz CT molecular complexity index is 2160. The molecule has 0 aliphatic carbocycles. The highest BCUT2D eigenvalue weighted by atomic mass is 16.5. The molecule has 0 saturated heterocycles. The number of carbonyl (C=O) groups is 2. The highest BCUT2D eigenvalue weighted by Crippen LogP contribution is 2.29. The zero-order valence-electron chi connectivity index (χ0n) is 38.4. The van der Waals surface area contributed by atoms with E-state index in [-0.39, 0.29) is 5.75 Å². The SMILES string of the molecule is CCCCCCCCOc1ccc(C=Nc2ccc(C(=O)Oc3ccc(CCCCCC)c(OC(=O)c4ccc(N=Cc5ccc(OCCCCCCCC)cc5)cc4)c3)cc2)cc1. The van der Waals surface area contributed by atoms with Gasteiger partial charge in [0.25, 0.3) is 0 Å². The van der Waals surface area contributed by atoms with Crippen LogP contribution in [0.5, 0.6) is 23.0 Å². The molecule has 0 bridgehead atoms. The molecule has 0 atom stereocenters. The van der Waals surface area contributed by atoms with Crippen LogP contribution in [0, 0.1) is 0 Å². The number of hydrogen-bond donors (Lipinski definition) is 0. The van der Waals surface area contributed by atoms with E-state index in [1.165, 1.54) is 64.2 Å². The van der Waals surface area contributed by atoms with E-state index in [9.17, 15) is 9.59 Å². The predicted molar refractivity (Wildman–Crippen MR) is 262 cm³/mol. The number of benzene rings is 5. The van der Waals surface area contributed by atoms with E-state index in [1.54, 1.807) is 73.1 Å². The topological polar surface area (TPSA) is 95.8 Å². The molecule has 0 radical (unpaired) electrons. The van der Waals surface area contributed by atoms with Crippen LogP contribution in [0.1, 0.15) is 161 Å². The largest absolute Gasteiger partial charge is 0.494 e. The maximum atomic E-state index is 13.4. The molecule has 0 aromatic heterocycles. The summed E-state index contributed by atoms with van der Waals surface area (Å²) in [5, 5.41) is 0. The Morgan fingerprint density at radius 2 is 0.844 bits per heavy atom. The normalized spacial score (nSPS) is 11.3. The Hall–Kier alpha value is -6.02. The molecule has 5 aromatic carbocycles. The van der Waals surface area contributed by atoms with E-state index in [0.29, 0.717) is 28.3 Å². The monoisotopic (exact) mass is 865 g/mol. The van der Waals surface area contributed by atoms with Crippen molar-refractivity contribution in [1.29, 1.82) is 0 Å². The Morgan fingerprint density at radius 3 is 1.31 bits per heavy atom. The fourth-order valence-corrected chi connectivity index (χ4v) is 7.08. The second-order valence-corrected chi connectivity index (χ2v) is 16.3. The van der Waals surface area contributed by atoms with Gasteiger partial charge in [-0.1, -0.05) is 110 Å². The summed E-state index contributed by atoms with van der Waals surface area (Å²) >= 11 is 0. The van der Waals surface area contributed by atoms with Crippen molar-refractivity contribution in [3.05, 3.63) is 143 Å². The summed E-state index contributed by atoms with van der Waals surface area (Å²) in [6, 6.07) is 35.0. The minimum absolute atomic E-state index is 0.286. The third kappa shape index (κ3) is 18.0. The van der Waals surface area contributed by atoms with Gasteiger partial charge in [0.2, 0.25) is 0 Å². The number of nitrogens with zero attached hydrogens (tertiary/aromatic N) is 2. The van der Waals surface area contributed by atoms with Crippen LogP contribution < -0.4 is 18.9 Å². The van der Waals surface area contributed by atoms with Crippen molar-refractivity contribution in [3.8, 4) is 23.0 Å². The number of aliphatic imine (C=N–C) groups is 2. The third-order valence-electron chi connectivity index (χ3n) is 11.0. The molecule has 0 heterocycles. The van der Waals surface area contributed by atoms with Crippen LogP contribution >= 0.6 is 0 Å². The molecule has 8 nitrogen and oxygen atoms in total. The lowest BCUT2D eigenvalue weighted by atomic mass is 10.0. The fraction of sp³-hybridized carbons (Fsp3) is 0.393. The van der Waals surface area contributed by atoms with E-state index in [4.69, 9.17) is 18.9 Å². The molecule has 0 saturated carbocycles. The zero-order chi connectivity index (χ0) is 45.0. The summed E-state index contributed by atoms with van der Waals surface area (Å²) in [7, 11) is 0. The number of hydrogen-bond acceptors (Lipinski definition) is 8. The lowest BCUT2D eigenvalue weighted by Gasteiger charge is -2.13. The van der Waals surface area contributed by atoms with Gasteiger partial charge in [-0.15, -0.1) is 0 Å². The van der Waals surface area contributed by atoms with Crippen molar-refractivity contribution in [2.45, 2.75) is 130 Å². The Balaban J connectivity index is 1.13. The molecule has 0 spiro atoms. The second kappa shape index (κ2) is 28.6. The summed E-state index contributed by atoms with van der Waals surface area (Å²) in [5.41, 5.74) is 4.95. The summed E-state index contributed by atoms with van der Waals surface area (Å²) in [6.45, 7) is 8.10. The quantitative estimate of drug-likeness (QED) is 0.0206. The smallest absolute Gasteiger partial charge is 0.343 e. The molecule has 8 heteroatoms. The molecule has 64 heavy (non-hydrogen) atoms. The van der Waals surface area contributed by atoms with E-state index in [1.807, 2.05) is 54.6 Å². The van der Waals surface area contributed by atoms with Crippen molar-refractivity contribution >= 4 is 35.7 Å². The van der Waals surface area contributed by atoms with Crippen molar-refractivity contribution in [3.63, 3.8) is 0 Å². The average Bonchev–Trinajstić information content (AvgIpc) is 3.32. The molecule has 0 unspecified atom stereocenters. The second-order valence-electron chi connectivity index (χ2n) is 16.3. The van der Waals surface area contributed by atoms with Gasteiger partial charge in [-0.05, 0) is 146 Å². The van der Waals surface area contributed by atoms with Gasteiger partial charge in [-0.25, -0.2) is 9.59 Å². The maximum absolute atomic E-state index is 13.4. The van der Waals surface area contributed by atoms with Crippen LogP contribution in [-0.2, 0) is 6.42 Å². The standard InChI is InChI=1S/C56H68N2O6/c1-4-7-10-13-15-18-39-61-51-34-21-44(22-35-51)42-57-49-30-25-47(26-31-49)55(59)63-53-38-29-46(20-17-12-9-6-3)54(41-53)64-56(60)48-27-32-50(33-28-48)58-43-45-23-36-52(37-24-45)62-40-19-16-14-11-8-5-2/h21-38,41-43H,4-20,39-40H2,1-3H3. The summed E-state index contributed by atoms with van der Waals surface area (Å²) in [4.78, 5) is 35.9. The van der Waals surface area contributed by atoms with Gasteiger partial charge >= 0.3 is 11.9 Å². The van der Waals surface area contributed by atoms with E-state index in [0.717, 1.165) is 86.3 Å². The highest BCUT2D eigenvalue weighted by Gasteiger charge is 2.16. The molecule has 5 aromatic rings. The first-order valence-corrected chi connectivity index (χ1v) is 23.7. The average molecular weight is 865 g/mol. The van der Waals surface area contributed by atoms with E-state index < -0.39 is 11.9 Å². The number of rotatable bonds is 29. The Morgan fingerprint density at radius 1 is 0.438 bits per heavy atom. The molecule has 0 N–H and O–H groups in total. The van der Waals surface area contributed by atoms with E-state index >= 15 is 0 Å². The minimum Gasteiger partial charge on any atom is -0.494 e. The van der Waals surface area contributed by atoms with Crippen molar-refractivity contribution < 1.29 is 28.5 Å². The van der Waals surface area contributed by atoms with Gasteiger partial charge < -0.3 is 18.9 Å². The van der Waals surface area contributed by atoms with Gasteiger partial charge in [-0.2, -0.15) is 0 Å². The summed E-state index contributed by atoms with van der Waals surface area (Å²) in [5.74, 6) is 1.34. The number of aryl methyl sites for hydroxylation is 1. The van der Waals surface area contributed by atoms with Gasteiger partial charge in [0.15, 0.2) is 0 Å². The first kappa shape index (κ1) is 49.0. The number of ether oxygens (including phenoxy) is 4. The maximum Gasteiger partial charge on any atom is 0.343 e. The molecule has 0 amide bonds. The molecule has 338 valence electrons. The van der Waals surface area contributed by atoms with Crippen LogP contribution in [0.15, 0.2) is 125 Å². The van der Waals surface area contributed by atoms with E-state index in [2.05, 4.69) is 30.8 Å². The first-order chi connectivity index (χ1) is 31.4. The van der Waals surface area contributed by atoms with Crippen molar-refractivity contribution in [2.24, 2.45) is 9.98 Å². The van der Waals surface area contributed by atoms with Crippen LogP contribution in [0.3, 0.4) is 0 Å². The third-order valence-corrected chi connectivity index (χ3v) is 11.0. The minimum atomic E-state index is -0.524. The van der Waals surface area contributed by atoms with Crippen LogP contribution in [0.25, 0.3) is 0 Å². The number of esters is 2. The Labute approximate surface area is 382 Å². The molecule has 0 aliphatic rings. The lowest BCUT2D eigenvalue weighted by Crippen LogP contribution is -2.11. The number of carbonyl (C=O) groups excluding carboxylic acids is 2. The summed E-state index contributed by atoms with van der Waals surface area (Å²) < 4.78 is 23.6. The fourth-order valence-electron chi connectivity index (χ4n) is 7.08. The molecule has 5 rings (SSSR count). The number of unbranched alkanes of at least 4 members (excludes halogenated alkanes) is 13. The zero-order valence-corrected chi connectivity index (χ0v) is 38.4. The van der Waals surface area contributed by atoms with Crippen LogP contribution in [0.4, 0.5) is 11.4 Å². The van der Waals surface area contributed by atoms with Crippen LogP contribution in [-0.4, -0.2) is 37.6 Å². The van der Waals surface area contributed by atoms with Gasteiger partial charge in [-0.3, -0.25) is 9.98 Å². The van der Waals surface area contributed by atoms with Crippen molar-refractivity contribution in [2.75, 3.05) is 13.2 Å². The lowest BCUT2D eigenvalue weighted by molar-refractivity contribution is 0.0731. The highest BCUT2D eigenvalue weighted by molar-refractivity contribution is 5.93. The first-order valence-electron chi connectivity index (χ1n) is 23.7. The predicted octanol–water partition coefficient (Wildman–Crippen LogP) is 15.2. The van der Waals surface area contributed by atoms with Crippen LogP contribution in [0.2, 0.25) is 0 Å². The van der Waals surface area contributed by atoms with Gasteiger partial charge in [0.1, 0.15) is 23.0 Å². The molecular weight excluding hydrogens is 797 g/mol. The van der Waals surface area contributed by atoms with Crippen molar-refractivity contribution in [1.82, 2.24) is 0 Å².